The van der Waals surface area contributed by atoms with Crippen molar-refractivity contribution in [1.29, 1.82) is 5.26 Å². The van der Waals surface area contributed by atoms with Gasteiger partial charge in [-0.05, 0) is 55.5 Å². The van der Waals surface area contributed by atoms with Gasteiger partial charge in [-0.2, -0.15) is 5.26 Å². The summed E-state index contributed by atoms with van der Waals surface area (Å²) in [6.45, 7) is 4.24. The number of benzene rings is 1. The molecule has 0 saturated carbocycles. The number of nitrogens with one attached hydrogen (secondary N) is 1. The fourth-order valence-corrected chi connectivity index (χ4v) is 3.64. The van der Waals surface area contributed by atoms with E-state index in [4.69, 9.17) is 5.26 Å². The van der Waals surface area contributed by atoms with E-state index >= 15 is 0 Å². The Morgan fingerprint density at radius 3 is 2.75 bits per heavy atom. The number of nitriles is 1. The molecule has 2 aromatic rings. The van der Waals surface area contributed by atoms with Gasteiger partial charge in [-0.25, -0.2) is 0 Å². The molecule has 0 radical (unpaired) electrons. The maximum atomic E-state index is 12.7. The molecule has 5 nitrogen and oxygen atoms in total. The first-order chi connectivity index (χ1) is 11.5. The van der Waals surface area contributed by atoms with Crippen LogP contribution in [0.3, 0.4) is 0 Å². The van der Waals surface area contributed by atoms with Crippen molar-refractivity contribution < 1.29 is 9.59 Å². The van der Waals surface area contributed by atoms with Gasteiger partial charge >= 0.3 is 0 Å². The third-order valence-electron chi connectivity index (χ3n) is 4.46. The predicted octanol–water partition coefficient (Wildman–Crippen LogP) is 3.17. The molecule has 2 heterocycles. The van der Waals surface area contributed by atoms with Gasteiger partial charge in [0.2, 0.25) is 5.91 Å². The maximum Gasteiger partial charge on any atom is 0.265 e. The largest absolute Gasteiger partial charge is 0.324 e. The second-order valence-electron chi connectivity index (χ2n) is 6.06. The number of amides is 2. The van der Waals surface area contributed by atoms with E-state index in [-0.39, 0.29) is 11.8 Å². The number of thiophene rings is 1. The van der Waals surface area contributed by atoms with Crippen LogP contribution in [0.15, 0.2) is 35.7 Å². The van der Waals surface area contributed by atoms with Crippen molar-refractivity contribution in [2.24, 2.45) is 0 Å². The molecule has 1 unspecified atom stereocenters. The number of carbonyl (C=O) groups is 2. The van der Waals surface area contributed by atoms with Gasteiger partial charge in [0, 0.05) is 12.2 Å². The lowest BCUT2D eigenvalue weighted by Gasteiger charge is -2.48. The van der Waals surface area contributed by atoms with Crippen LogP contribution >= 0.6 is 11.3 Å². The Kier molecular flexibility index (Phi) is 4.12. The van der Waals surface area contributed by atoms with E-state index in [0.29, 0.717) is 29.1 Å². The Morgan fingerprint density at radius 2 is 2.17 bits per heavy atom. The molecule has 1 aliphatic rings. The van der Waals surface area contributed by atoms with Gasteiger partial charge in [-0.15, -0.1) is 11.3 Å². The monoisotopic (exact) mass is 339 g/mol. The molecule has 1 atom stereocenters. The van der Waals surface area contributed by atoms with E-state index in [1.165, 1.54) is 11.3 Å². The molecule has 3 rings (SSSR count). The number of likely N-dealkylation sites (tertiary alicyclic amines) is 1. The van der Waals surface area contributed by atoms with E-state index in [9.17, 15) is 9.59 Å². The van der Waals surface area contributed by atoms with Crippen LogP contribution < -0.4 is 5.32 Å². The number of hydrogen-bond acceptors (Lipinski definition) is 4. The highest BCUT2D eigenvalue weighted by Gasteiger charge is 2.50. The first-order valence-corrected chi connectivity index (χ1v) is 8.51. The van der Waals surface area contributed by atoms with E-state index in [0.717, 1.165) is 5.56 Å². The van der Waals surface area contributed by atoms with Crippen molar-refractivity contribution >= 4 is 28.8 Å². The highest BCUT2D eigenvalue weighted by molar-refractivity contribution is 7.12. The molecule has 1 N–H and O–H groups in total. The Bertz CT molecular complexity index is 852. The minimum atomic E-state index is -0.865. The molecule has 1 aromatic carbocycles. The quantitative estimate of drug-likeness (QED) is 0.933. The summed E-state index contributed by atoms with van der Waals surface area (Å²) in [6, 6.07) is 10.7. The minimum absolute atomic E-state index is 0.0998. The number of carbonyl (C=O) groups excluding carboxylic acids is 2. The molecular formula is C18H17N3O2S. The smallest absolute Gasteiger partial charge is 0.265 e. The molecular weight excluding hydrogens is 322 g/mol. The van der Waals surface area contributed by atoms with Crippen LogP contribution in [0.1, 0.15) is 34.1 Å². The first-order valence-electron chi connectivity index (χ1n) is 7.63. The number of aryl methyl sites for hydroxylation is 1. The van der Waals surface area contributed by atoms with Gasteiger partial charge in [0.05, 0.1) is 16.5 Å². The van der Waals surface area contributed by atoms with Crippen molar-refractivity contribution in [2.45, 2.75) is 25.8 Å². The average Bonchev–Trinajstić information content (AvgIpc) is 2.99. The lowest BCUT2D eigenvalue weighted by Crippen LogP contribution is -2.66. The summed E-state index contributed by atoms with van der Waals surface area (Å²) < 4.78 is 0. The van der Waals surface area contributed by atoms with Gasteiger partial charge in [0.15, 0.2) is 0 Å². The molecule has 1 fully saturated rings. The lowest BCUT2D eigenvalue weighted by atomic mass is 9.85. The predicted molar refractivity (Wildman–Crippen MR) is 92.9 cm³/mol. The summed E-state index contributed by atoms with van der Waals surface area (Å²) >= 11 is 1.40. The Balaban J connectivity index is 1.78. The van der Waals surface area contributed by atoms with Crippen molar-refractivity contribution in [3.05, 3.63) is 51.7 Å². The number of hydrogen-bond donors (Lipinski definition) is 1. The van der Waals surface area contributed by atoms with Crippen LogP contribution in [0.2, 0.25) is 0 Å². The van der Waals surface area contributed by atoms with Crippen LogP contribution in [-0.2, 0) is 4.79 Å². The summed E-state index contributed by atoms with van der Waals surface area (Å²) in [5.41, 5.74) is 1.11. The van der Waals surface area contributed by atoms with Crippen LogP contribution in [0.5, 0.6) is 0 Å². The van der Waals surface area contributed by atoms with E-state index in [1.54, 1.807) is 36.1 Å². The van der Waals surface area contributed by atoms with Crippen LogP contribution in [0.25, 0.3) is 0 Å². The molecule has 1 aromatic heterocycles. The van der Waals surface area contributed by atoms with E-state index in [1.807, 2.05) is 24.4 Å². The number of anilines is 1. The SMILES string of the molecule is Cc1ccsc1C(=O)N1CCC1(C)C(=O)Nc1cccc(C#N)c1. The third-order valence-corrected chi connectivity index (χ3v) is 5.46. The molecule has 0 spiro atoms. The third kappa shape index (κ3) is 2.68. The zero-order chi connectivity index (χ0) is 17.3. The highest BCUT2D eigenvalue weighted by atomic mass is 32.1. The second kappa shape index (κ2) is 6.10. The topological polar surface area (TPSA) is 73.2 Å². The van der Waals surface area contributed by atoms with Crippen LogP contribution in [0.4, 0.5) is 5.69 Å². The van der Waals surface area contributed by atoms with Crippen molar-refractivity contribution in [3.63, 3.8) is 0 Å². The highest BCUT2D eigenvalue weighted by Crippen LogP contribution is 2.34. The van der Waals surface area contributed by atoms with Crippen LogP contribution in [-0.4, -0.2) is 28.8 Å². The van der Waals surface area contributed by atoms with Gasteiger partial charge in [-0.1, -0.05) is 6.07 Å². The van der Waals surface area contributed by atoms with E-state index < -0.39 is 5.54 Å². The van der Waals surface area contributed by atoms with Gasteiger partial charge in [0.1, 0.15) is 5.54 Å². The van der Waals surface area contributed by atoms with E-state index in [2.05, 4.69) is 5.32 Å². The Morgan fingerprint density at radius 1 is 1.38 bits per heavy atom. The summed E-state index contributed by atoms with van der Waals surface area (Å²) in [5, 5.41) is 13.7. The number of nitrogens with zero attached hydrogens (tertiary/aromatic N) is 2. The fourth-order valence-electron chi connectivity index (χ4n) is 2.77. The molecule has 0 aliphatic carbocycles. The van der Waals surface area contributed by atoms with Gasteiger partial charge in [-0.3, -0.25) is 9.59 Å². The second-order valence-corrected chi connectivity index (χ2v) is 6.98. The molecule has 0 bridgehead atoms. The summed E-state index contributed by atoms with van der Waals surface area (Å²) in [7, 11) is 0. The lowest BCUT2D eigenvalue weighted by molar-refractivity contribution is -0.132. The average molecular weight is 339 g/mol. The normalized spacial score (nSPS) is 19.3. The van der Waals surface area contributed by atoms with Crippen molar-refractivity contribution in [2.75, 3.05) is 11.9 Å². The Labute approximate surface area is 144 Å². The van der Waals surface area contributed by atoms with Gasteiger partial charge in [0.25, 0.3) is 5.91 Å². The summed E-state index contributed by atoms with van der Waals surface area (Å²) in [5.74, 6) is -0.330. The van der Waals surface area contributed by atoms with Crippen molar-refractivity contribution in [3.8, 4) is 6.07 Å². The number of rotatable bonds is 3. The zero-order valence-corrected chi connectivity index (χ0v) is 14.3. The molecule has 1 saturated heterocycles. The molecule has 24 heavy (non-hydrogen) atoms. The maximum absolute atomic E-state index is 12.7. The van der Waals surface area contributed by atoms with Crippen LogP contribution in [0, 0.1) is 18.3 Å². The molecule has 1 aliphatic heterocycles. The first kappa shape index (κ1) is 16.2. The Hall–Kier alpha value is -2.65. The zero-order valence-electron chi connectivity index (χ0n) is 13.5. The summed E-state index contributed by atoms with van der Waals surface area (Å²) in [4.78, 5) is 27.7. The summed E-state index contributed by atoms with van der Waals surface area (Å²) in [6.07, 6.45) is 0.618. The molecule has 122 valence electrons. The standard InChI is InChI=1S/C18H17N3O2S/c1-12-6-9-24-15(12)16(22)21-8-7-18(21,2)17(23)20-14-5-3-4-13(10-14)11-19/h3-6,9-10H,7-8H2,1-2H3,(H,20,23). The molecule has 2 amide bonds. The fraction of sp³-hybridized carbons (Fsp3) is 0.278. The minimum Gasteiger partial charge on any atom is -0.324 e. The van der Waals surface area contributed by atoms with Crippen molar-refractivity contribution in [1.82, 2.24) is 4.90 Å². The molecule has 6 heteroatoms. The van der Waals surface area contributed by atoms with Gasteiger partial charge < -0.3 is 10.2 Å².